The third kappa shape index (κ3) is 3.46. The van der Waals surface area contributed by atoms with Crippen molar-refractivity contribution < 1.29 is 24.6 Å². The number of ether oxygens (including phenoxy) is 1. The fourth-order valence-electron chi connectivity index (χ4n) is 7.73. The molecule has 0 bridgehead atoms. The first-order valence-electron chi connectivity index (χ1n) is 11.4. The molecule has 162 valence electrons. The summed E-state index contributed by atoms with van der Waals surface area (Å²) in [5.41, 5.74) is 1.40. The van der Waals surface area contributed by atoms with E-state index in [-0.39, 0.29) is 30.3 Å². The minimum Gasteiger partial charge on any atom is -0.481 e. The van der Waals surface area contributed by atoms with Crippen molar-refractivity contribution in [2.75, 3.05) is 0 Å². The predicted octanol–water partition coefficient (Wildman–Crippen LogP) is 4.64. The molecule has 0 radical (unpaired) electrons. The molecule has 6 heteroatoms. The Bertz CT molecular complexity index is 705. The molecular formula is C23H35NO5. The molecule has 4 aliphatic carbocycles. The lowest BCUT2D eigenvalue weighted by Gasteiger charge is -2.60. The molecule has 0 heterocycles. The second-order valence-corrected chi connectivity index (χ2v) is 10.5. The predicted molar refractivity (Wildman–Crippen MR) is 108 cm³/mol. The molecule has 0 amide bonds. The van der Waals surface area contributed by atoms with E-state index >= 15 is 0 Å². The first kappa shape index (κ1) is 20.7. The summed E-state index contributed by atoms with van der Waals surface area (Å²) >= 11 is 0. The van der Waals surface area contributed by atoms with Crippen LogP contribution >= 0.6 is 0 Å². The minimum atomic E-state index is -0.956. The summed E-state index contributed by atoms with van der Waals surface area (Å²) in [6.07, 6.45) is 9.47. The summed E-state index contributed by atoms with van der Waals surface area (Å²) in [5.74, 6) is 1.31. The highest BCUT2D eigenvalue weighted by atomic mass is 16.5. The lowest BCUT2D eigenvalue weighted by atomic mass is 9.45. The molecule has 0 aliphatic heterocycles. The molecule has 0 unspecified atom stereocenters. The number of carboxylic acid groups (broad SMARTS) is 1. The van der Waals surface area contributed by atoms with E-state index in [9.17, 15) is 14.8 Å². The van der Waals surface area contributed by atoms with Crippen molar-refractivity contribution in [2.24, 2.45) is 39.7 Å². The lowest BCUT2D eigenvalue weighted by molar-refractivity contribution is -0.162. The van der Waals surface area contributed by atoms with Gasteiger partial charge in [-0.05, 0) is 86.9 Å². The van der Waals surface area contributed by atoms with Gasteiger partial charge in [-0.15, -0.1) is 0 Å². The van der Waals surface area contributed by atoms with Crippen LogP contribution in [0.5, 0.6) is 0 Å². The van der Waals surface area contributed by atoms with Crippen molar-refractivity contribution in [1.29, 1.82) is 0 Å². The van der Waals surface area contributed by atoms with Crippen molar-refractivity contribution in [3.63, 3.8) is 0 Å². The van der Waals surface area contributed by atoms with Crippen LogP contribution in [-0.4, -0.2) is 34.1 Å². The van der Waals surface area contributed by atoms with Gasteiger partial charge in [0.25, 0.3) is 0 Å². The number of aliphatic carboxylic acids is 1. The Hall–Kier alpha value is -1.59. The topological polar surface area (TPSA) is 96.2 Å². The van der Waals surface area contributed by atoms with Crippen LogP contribution in [0.25, 0.3) is 0 Å². The first-order chi connectivity index (χ1) is 13.8. The molecule has 0 spiro atoms. The van der Waals surface area contributed by atoms with Gasteiger partial charge in [-0.2, -0.15) is 0 Å². The maximum Gasteiger partial charge on any atom is 0.306 e. The van der Waals surface area contributed by atoms with Gasteiger partial charge in [0.2, 0.25) is 0 Å². The third-order valence-electron chi connectivity index (χ3n) is 9.32. The Labute approximate surface area is 173 Å². The number of carbonyl (C=O) groups excluding carboxylic acids is 1. The molecule has 4 fully saturated rings. The summed E-state index contributed by atoms with van der Waals surface area (Å²) in [6, 6.07) is 0. The average molecular weight is 406 g/mol. The number of oxime groups is 1. The van der Waals surface area contributed by atoms with Crippen LogP contribution in [0.3, 0.4) is 0 Å². The Morgan fingerprint density at radius 3 is 2.59 bits per heavy atom. The van der Waals surface area contributed by atoms with Crippen LogP contribution in [0.4, 0.5) is 0 Å². The van der Waals surface area contributed by atoms with Crippen LogP contribution in [0, 0.1) is 34.5 Å². The van der Waals surface area contributed by atoms with E-state index in [0.29, 0.717) is 29.1 Å². The van der Waals surface area contributed by atoms with Crippen molar-refractivity contribution >= 4 is 17.7 Å². The van der Waals surface area contributed by atoms with Crippen LogP contribution in [0.15, 0.2) is 5.16 Å². The zero-order valence-electron chi connectivity index (χ0n) is 17.7. The zero-order valence-corrected chi connectivity index (χ0v) is 17.7. The minimum absolute atomic E-state index is 0.0343. The fourth-order valence-corrected chi connectivity index (χ4v) is 7.73. The largest absolute Gasteiger partial charge is 0.481 e. The third-order valence-corrected chi connectivity index (χ3v) is 9.32. The summed E-state index contributed by atoms with van der Waals surface area (Å²) in [4.78, 5) is 22.7. The van der Waals surface area contributed by atoms with Gasteiger partial charge in [0.1, 0.15) is 6.10 Å². The normalized spacial score (nSPS) is 45.2. The van der Waals surface area contributed by atoms with Gasteiger partial charge >= 0.3 is 11.9 Å². The highest BCUT2D eigenvalue weighted by molar-refractivity contribution is 5.92. The summed E-state index contributed by atoms with van der Waals surface area (Å²) in [7, 11) is 0. The monoisotopic (exact) mass is 405 g/mol. The van der Waals surface area contributed by atoms with Crippen LogP contribution in [0.1, 0.15) is 84.5 Å². The molecule has 0 aromatic heterocycles. The van der Waals surface area contributed by atoms with E-state index in [1.54, 1.807) is 0 Å². The van der Waals surface area contributed by atoms with Gasteiger partial charge in [-0.1, -0.05) is 19.0 Å². The molecule has 0 aromatic carbocycles. The fraction of sp³-hybridized carbons (Fsp3) is 0.870. The molecule has 4 rings (SSSR count). The molecule has 7 atom stereocenters. The van der Waals surface area contributed by atoms with Gasteiger partial charge in [-0.25, -0.2) is 0 Å². The van der Waals surface area contributed by atoms with Gasteiger partial charge in [0, 0.05) is 5.41 Å². The Morgan fingerprint density at radius 1 is 1.07 bits per heavy atom. The van der Waals surface area contributed by atoms with E-state index < -0.39 is 5.97 Å². The van der Waals surface area contributed by atoms with Gasteiger partial charge in [0.05, 0.1) is 18.6 Å². The van der Waals surface area contributed by atoms with E-state index in [2.05, 4.69) is 19.0 Å². The number of carboxylic acids is 1. The van der Waals surface area contributed by atoms with Gasteiger partial charge in [0.15, 0.2) is 0 Å². The highest BCUT2D eigenvalue weighted by Crippen LogP contribution is 2.65. The SMILES string of the molecule is C[C@]12CC[C@H](OC(=O)CCC(=O)O)C[C@@H]1CC[C@@H]1[C@@H]2CC[C@]2(C)/C(=N\O)CC[C@@H]12. The van der Waals surface area contributed by atoms with Gasteiger partial charge < -0.3 is 15.1 Å². The molecule has 0 saturated heterocycles. The quantitative estimate of drug-likeness (QED) is 0.404. The number of hydrogen-bond acceptors (Lipinski definition) is 5. The van der Waals surface area contributed by atoms with Crippen LogP contribution < -0.4 is 0 Å². The molecule has 4 saturated carbocycles. The number of hydrogen-bond donors (Lipinski definition) is 2. The van der Waals surface area contributed by atoms with Crippen LogP contribution in [0.2, 0.25) is 0 Å². The Morgan fingerprint density at radius 2 is 1.86 bits per heavy atom. The number of rotatable bonds is 4. The molecule has 6 nitrogen and oxygen atoms in total. The van der Waals surface area contributed by atoms with Crippen molar-refractivity contribution in [2.45, 2.75) is 90.6 Å². The Kier molecular flexibility index (Phi) is 5.41. The maximum absolute atomic E-state index is 12.0. The summed E-state index contributed by atoms with van der Waals surface area (Å²) in [5, 5.41) is 21.9. The number of fused-ring (bicyclic) bond motifs is 5. The van der Waals surface area contributed by atoms with E-state index in [1.807, 2.05) is 0 Å². The molecular weight excluding hydrogens is 370 g/mol. The summed E-state index contributed by atoms with van der Waals surface area (Å²) < 4.78 is 5.64. The number of carbonyl (C=O) groups is 2. The van der Waals surface area contributed by atoms with Crippen molar-refractivity contribution in [3.05, 3.63) is 0 Å². The van der Waals surface area contributed by atoms with E-state index in [4.69, 9.17) is 9.84 Å². The molecule has 29 heavy (non-hydrogen) atoms. The van der Waals surface area contributed by atoms with E-state index in [0.717, 1.165) is 44.2 Å². The molecule has 2 N–H and O–H groups in total. The summed E-state index contributed by atoms with van der Waals surface area (Å²) in [6.45, 7) is 4.79. The number of esters is 1. The van der Waals surface area contributed by atoms with E-state index in [1.165, 1.54) is 19.3 Å². The first-order valence-corrected chi connectivity index (χ1v) is 11.4. The Balaban J connectivity index is 1.42. The number of nitrogens with zero attached hydrogens (tertiary/aromatic N) is 1. The lowest BCUT2D eigenvalue weighted by Crippen LogP contribution is -2.54. The molecule has 0 aromatic rings. The standard InChI is InChI=1S/C23H35NO5/c1-22-11-9-15(29-21(27)8-7-20(25)26)13-14(22)3-4-16-17-5-6-19(24-28)23(17,2)12-10-18(16)22/h14-18,28H,3-13H2,1-2H3,(H,25,26)/b24-19-/t14-,15-,16-,17-,18-,22-,23-/m0/s1. The molecule has 4 aliphatic rings. The maximum atomic E-state index is 12.0. The second kappa shape index (κ2) is 7.59. The zero-order chi connectivity index (χ0) is 20.8. The smallest absolute Gasteiger partial charge is 0.306 e. The van der Waals surface area contributed by atoms with Crippen molar-refractivity contribution in [3.8, 4) is 0 Å². The highest BCUT2D eigenvalue weighted by Gasteiger charge is 2.59. The van der Waals surface area contributed by atoms with Crippen LogP contribution in [-0.2, 0) is 14.3 Å². The average Bonchev–Trinajstić information content (AvgIpc) is 3.03. The van der Waals surface area contributed by atoms with Crippen molar-refractivity contribution in [1.82, 2.24) is 0 Å². The van der Waals surface area contributed by atoms with Gasteiger partial charge in [-0.3, -0.25) is 9.59 Å². The second-order valence-electron chi connectivity index (χ2n) is 10.5.